The minimum absolute atomic E-state index is 0.0520. The molecule has 0 aromatic carbocycles. The van der Waals surface area contributed by atoms with Crippen LogP contribution in [0.5, 0.6) is 5.75 Å². The monoisotopic (exact) mass is 262 g/mol. The van der Waals surface area contributed by atoms with Crippen molar-refractivity contribution in [3.63, 3.8) is 0 Å². The number of pyridine rings is 1. The summed E-state index contributed by atoms with van der Waals surface area (Å²) >= 11 is 0. The first kappa shape index (κ1) is 12.4. The number of amides is 1. The van der Waals surface area contributed by atoms with Crippen LogP contribution in [0.15, 0.2) is 24.5 Å². The lowest BCUT2D eigenvalue weighted by Crippen LogP contribution is -2.35. The zero-order valence-electron chi connectivity index (χ0n) is 11.0. The van der Waals surface area contributed by atoms with Gasteiger partial charge in [0.25, 0.3) is 0 Å². The van der Waals surface area contributed by atoms with E-state index in [1.807, 2.05) is 17.0 Å². The molecule has 1 aromatic heterocycles. The van der Waals surface area contributed by atoms with E-state index in [0.29, 0.717) is 13.2 Å². The fourth-order valence-electron chi connectivity index (χ4n) is 2.89. The standard InChI is InChI=1S/C14H18N2O3/c1-11(17)16-6-4-14(10-16)7-13(9-18-14)19-12-3-2-5-15-8-12/h2-3,5,8,13H,4,6-7,9-10H2,1H3. The van der Waals surface area contributed by atoms with E-state index in [0.717, 1.165) is 25.1 Å². The molecule has 3 rings (SSSR count). The maximum atomic E-state index is 11.4. The summed E-state index contributed by atoms with van der Waals surface area (Å²) in [4.78, 5) is 17.3. The smallest absolute Gasteiger partial charge is 0.219 e. The van der Waals surface area contributed by atoms with E-state index in [-0.39, 0.29) is 17.6 Å². The summed E-state index contributed by atoms with van der Waals surface area (Å²) in [7, 11) is 0. The van der Waals surface area contributed by atoms with Gasteiger partial charge in [0.1, 0.15) is 11.9 Å². The Morgan fingerprint density at radius 1 is 1.63 bits per heavy atom. The zero-order chi connectivity index (χ0) is 13.3. The molecule has 1 aromatic rings. The van der Waals surface area contributed by atoms with Crippen molar-refractivity contribution in [2.75, 3.05) is 19.7 Å². The van der Waals surface area contributed by atoms with Gasteiger partial charge in [0, 0.05) is 32.6 Å². The van der Waals surface area contributed by atoms with E-state index in [2.05, 4.69) is 4.98 Å². The normalized spacial score (nSPS) is 29.9. The van der Waals surface area contributed by atoms with E-state index in [4.69, 9.17) is 9.47 Å². The van der Waals surface area contributed by atoms with Crippen LogP contribution in [0.2, 0.25) is 0 Å². The van der Waals surface area contributed by atoms with Crippen molar-refractivity contribution in [2.24, 2.45) is 0 Å². The Kier molecular flexibility index (Phi) is 3.14. The fourth-order valence-corrected chi connectivity index (χ4v) is 2.89. The number of aromatic nitrogens is 1. The van der Waals surface area contributed by atoms with E-state index >= 15 is 0 Å². The summed E-state index contributed by atoms with van der Waals surface area (Å²) in [5.74, 6) is 0.895. The van der Waals surface area contributed by atoms with Crippen LogP contribution in [-0.2, 0) is 9.53 Å². The molecule has 5 nitrogen and oxygen atoms in total. The molecule has 2 aliphatic rings. The zero-order valence-corrected chi connectivity index (χ0v) is 11.0. The van der Waals surface area contributed by atoms with Gasteiger partial charge >= 0.3 is 0 Å². The average Bonchev–Trinajstić information content (AvgIpc) is 2.99. The number of likely N-dealkylation sites (tertiary alicyclic amines) is 1. The van der Waals surface area contributed by atoms with E-state index < -0.39 is 0 Å². The first-order valence-electron chi connectivity index (χ1n) is 6.63. The summed E-state index contributed by atoms with van der Waals surface area (Å²) in [5.41, 5.74) is -0.196. The quantitative estimate of drug-likeness (QED) is 0.804. The van der Waals surface area contributed by atoms with Gasteiger partial charge in [0.15, 0.2) is 0 Å². The summed E-state index contributed by atoms with van der Waals surface area (Å²) in [5, 5.41) is 0. The number of carbonyl (C=O) groups excluding carboxylic acids is 1. The van der Waals surface area contributed by atoms with Crippen molar-refractivity contribution in [3.05, 3.63) is 24.5 Å². The number of hydrogen-bond acceptors (Lipinski definition) is 4. The number of rotatable bonds is 2. The SMILES string of the molecule is CC(=O)N1CCC2(CC(Oc3cccnc3)CO2)C1. The van der Waals surface area contributed by atoms with Crippen LogP contribution in [0, 0.1) is 0 Å². The van der Waals surface area contributed by atoms with Gasteiger partial charge in [-0.3, -0.25) is 9.78 Å². The number of hydrogen-bond donors (Lipinski definition) is 0. The Balaban J connectivity index is 1.60. The van der Waals surface area contributed by atoms with E-state index in [9.17, 15) is 4.79 Å². The molecule has 2 aliphatic heterocycles. The highest BCUT2D eigenvalue weighted by Crippen LogP contribution is 2.36. The van der Waals surface area contributed by atoms with Crippen LogP contribution in [-0.4, -0.2) is 47.2 Å². The first-order valence-corrected chi connectivity index (χ1v) is 6.63. The Labute approximate surface area is 112 Å². The highest BCUT2D eigenvalue weighted by Gasteiger charge is 2.47. The molecule has 2 saturated heterocycles. The van der Waals surface area contributed by atoms with Gasteiger partial charge in [0.05, 0.1) is 18.4 Å². The van der Waals surface area contributed by atoms with Crippen LogP contribution in [0.1, 0.15) is 19.8 Å². The molecular weight excluding hydrogens is 244 g/mol. The predicted molar refractivity (Wildman–Crippen MR) is 68.8 cm³/mol. The van der Waals surface area contributed by atoms with Crippen molar-refractivity contribution in [1.29, 1.82) is 0 Å². The Hall–Kier alpha value is -1.62. The molecule has 5 heteroatoms. The molecule has 3 heterocycles. The van der Waals surface area contributed by atoms with Gasteiger partial charge in [-0.15, -0.1) is 0 Å². The molecule has 2 atom stereocenters. The largest absolute Gasteiger partial charge is 0.486 e. The highest BCUT2D eigenvalue weighted by atomic mass is 16.6. The molecule has 1 amide bonds. The second-order valence-electron chi connectivity index (χ2n) is 5.32. The van der Waals surface area contributed by atoms with E-state index in [1.54, 1.807) is 19.3 Å². The molecule has 2 unspecified atom stereocenters. The van der Waals surface area contributed by atoms with Crippen molar-refractivity contribution in [3.8, 4) is 5.75 Å². The first-order chi connectivity index (χ1) is 9.17. The third kappa shape index (κ3) is 2.56. The topological polar surface area (TPSA) is 51.7 Å². The Morgan fingerprint density at radius 3 is 3.21 bits per heavy atom. The predicted octanol–water partition coefficient (Wildman–Crippen LogP) is 1.24. The van der Waals surface area contributed by atoms with Gasteiger partial charge in [-0.25, -0.2) is 0 Å². The lowest BCUT2D eigenvalue weighted by molar-refractivity contribution is -0.128. The van der Waals surface area contributed by atoms with Crippen molar-refractivity contribution < 1.29 is 14.3 Å². The van der Waals surface area contributed by atoms with Crippen LogP contribution in [0.3, 0.4) is 0 Å². The molecule has 0 saturated carbocycles. The van der Waals surface area contributed by atoms with Crippen molar-refractivity contribution in [2.45, 2.75) is 31.5 Å². The van der Waals surface area contributed by atoms with Crippen LogP contribution < -0.4 is 4.74 Å². The second-order valence-corrected chi connectivity index (χ2v) is 5.32. The Bertz CT molecular complexity index is 465. The molecule has 0 bridgehead atoms. The highest BCUT2D eigenvalue weighted by molar-refractivity contribution is 5.73. The average molecular weight is 262 g/mol. The summed E-state index contributed by atoms with van der Waals surface area (Å²) in [6, 6.07) is 3.75. The number of ether oxygens (including phenoxy) is 2. The molecule has 102 valence electrons. The van der Waals surface area contributed by atoms with Crippen LogP contribution in [0.4, 0.5) is 0 Å². The van der Waals surface area contributed by atoms with Gasteiger partial charge < -0.3 is 14.4 Å². The molecular formula is C14H18N2O3. The van der Waals surface area contributed by atoms with Crippen LogP contribution >= 0.6 is 0 Å². The minimum atomic E-state index is -0.196. The summed E-state index contributed by atoms with van der Waals surface area (Å²) in [6.45, 7) is 3.67. The van der Waals surface area contributed by atoms with Gasteiger partial charge in [-0.05, 0) is 18.6 Å². The van der Waals surface area contributed by atoms with Crippen molar-refractivity contribution >= 4 is 5.91 Å². The van der Waals surface area contributed by atoms with E-state index in [1.165, 1.54) is 0 Å². The second kappa shape index (κ2) is 4.81. The molecule has 1 spiro atoms. The third-order valence-electron chi connectivity index (χ3n) is 3.87. The third-order valence-corrected chi connectivity index (χ3v) is 3.87. The maximum absolute atomic E-state index is 11.4. The van der Waals surface area contributed by atoms with Crippen LogP contribution in [0.25, 0.3) is 0 Å². The summed E-state index contributed by atoms with van der Waals surface area (Å²) < 4.78 is 11.8. The number of carbonyl (C=O) groups is 1. The fraction of sp³-hybridized carbons (Fsp3) is 0.571. The van der Waals surface area contributed by atoms with Gasteiger partial charge in [-0.1, -0.05) is 0 Å². The molecule has 0 aliphatic carbocycles. The van der Waals surface area contributed by atoms with Gasteiger partial charge in [0.2, 0.25) is 5.91 Å². The molecule has 2 fully saturated rings. The molecule has 19 heavy (non-hydrogen) atoms. The molecule has 0 N–H and O–H groups in total. The maximum Gasteiger partial charge on any atom is 0.219 e. The molecule has 0 radical (unpaired) electrons. The summed E-state index contributed by atoms with van der Waals surface area (Å²) in [6.07, 6.45) is 5.23. The van der Waals surface area contributed by atoms with Gasteiger partial charge in [-0.2, -0.15) is 0 Å². The van der Waals surface area contributed by atoms with Crippen molar-refractivity contribution in [1.82, 2.24) is 9.88 Å². The number of nitrogens with zero attached hydrogens (tertiary/aromatic N) is 2. The minimum Gasteiger partial charge on any atom is -0.486 e. The lowest BCUT2D eigenvalue weighted by Gasteiger charge is -2.22. The lowest BCUT2D eigenvalue weighted by atomic mass is 9.98. The Morgan fingerprint density at radius 2 is 2.53 bits per heavy atom.